The first-order valence-corrected chi connectivity index (χ1v) is 7.85. The van der Waals surface area contributed by atoms with E-state index in [-0.39, 0.29) is 0 Å². The molecule has 2 aromatic carbocycles. The Kier molecular flexibility index (Phi) is 3.97. The highest BCUT2D eigenvalue weighted by atomic mass is 79.9. The fourth-order valence-electron chi connectivity index (χ4n) is 2.83. The van der Waals surface area contributed by atoms with Crippen molar-refractivity contribution in [3.63, 3.8) is 0 Å². The minimum absolute atomic E-state index is 0.338. The molecule has 0 heterocycles. The normalized spacial score (nSPS) is 13.8. The lowest BCUT2D eigenvalue weighted by Crippen LogP contribution is -2.08. The highest BCUT2D eigenvalue weighted by Gasteiger charge is 2.12. The number of fused-ring (bicyclic) bond motifs is 1. The van der Waals surface area contributed by atoms with Gasteiger partial charge < -0.3 is 10.4 Å². The molecule has 0 fully saturated rings. The van der Waals surface area contributed by atoms with Gasteiger partial charge in [-0.15, -0.1) is 0 Å². The van der Waals surface area contributed by atoms with Crippen molar-refractivity contribution < 1.29 is 5.11 Å². The van der Waals surface area contributed by atoms with Crippen LogP contribution in [0.3, 0.4) is 0 Å². The van der Waals surface area contributed by atoms with E-state index in [1.54, 1.807) is 6.07 Å². The standard InChI is InChI=1S/C17H18BrNO/c18-14-8-9-17(20)13(10-14)11-19-16-7-3-5-12-4-1-2-6-15(12)16/h3,5,7-10,19-20H,1-2,4,6,11H2. The van der Waals surface area contributed by atoms with E-state index in [0.29, 0.717) is 12.3 Å². The van der Waals surface area contributed by atoms with Crippen molar-refractivity contribution in [1.29, 1.82) is 0 Å². The summed E-state index contributed by atoms with van der Waals surface area (Å²) in [7, 11) is 0. The van der Waals surface area contributed by atoms with Crippen LogP contribution >= 0.6 is 15.9 Å². The van der Waals surface area contributed by atoms with Gasteiger partial charge in [0.15, 0.2) is 0 Å². The Hall–Kier alpha value is -1.48. The van der Waals surface area contributed by atoms with Gasteiger partial charge >= 0.3 is 0 Å². The predicted octanol–water partition coefficient (Wildman–Crippen LogP) is 4.65. The minimum atomic E-state index is 0.338. The quantitative estimate of drug-likeness (QED) is 0.858. The molecule has 20 heavy (non-hydrogen) atoms. The van der Waals surface area contributed by atoms with E-state index in [9.17, 15) is 5.11 Å². The van der Waals surface area contributed by atoms with E-state index in [1.165, 1.54) is 36.1 Å². The van der Waals surface area contributed by atoms with Crippen LogP contribution in [0, 0.1) is 0 Å². The average Bonchev–Trinajstić information content (AvgIpc) is 2.48. The fourth-order valence-corrected chi connectivity index (χ4v) is 3.24. The molecule has 0 atom stereocenters. The van der Waals surface area contributed by atoms with Gasteiger partial charge in [0.2, 0.25) is 0 Å². The molecule has 0 aromatic heterocycles. The second-order valence-electron chi connectivity index (χ2n) is 5.28. The van der Waals surface area contributed by atoms with Crippen LogP contribution in [0.15, 0.2) is 40.9 Å². The SMILES string of the molecule is Oc1ccc(Br)cc1CNc1cccc2c1CCCC2. The summed E-state index contributed by atoms with van der Waals surface area (Å²) in [4.78, 5) is 0. The third-order valence-electron chi connectivity index (χ3n) is 3.91. The van der Waals surface area contributed by atoms with Crippen LogP contribution in [0.4, 0.5) is 5.69 Å². The lowest BCUT2D eigenvalue weighted by atomic mass is 9.90. The summed E-state index contributed by atoms with van der Waals surface area (Å²) in [5, 5.41) is 13.4. The van der Waals surface area contributed by atoms with Gasteiger partial charge in [0, 0.05) is 22.3 Å². The van der Waals surface area contributed by atoms with E-state index in [4.69, 9.17) is 0 Å². The topological polar surface area (TPSA) is 32.3 Å². The number of nitrogens with one attached hydrogen (secondary N) is 1. The van der Waals surface area contributed by atoms with Gasteiger partial charge in [-0.1, -0.05) is 28.1 Å². The molecule has 1 aliphatic rings. The summed E-state index contributed by atoms with van der Waals surface area (Å²) in [6.07, 6.45) is 4.91. The van der Waals surface area contributed by atoms with Crippen LogP contribution in [0.1, 0.15) is 29.5 Å². The number of phenols is 1. The zero-order valence-corrected chi connectivity index (χ0v) is 12.9. The number of benzene rings is 2. The number of anilines is 1. The van der Waals surface area contributed by atoms with Gasteiger partial charge in [-0.25, -0.2) is 0 Å². The maximum absolute atomic E-state index is 9.89. The van der Waals surface area contributed by atoms with Crippen molar-refractivity contribution in [1.82, 2.24) is 0 Å². The highest BCUT2D eigenvalue weighted by Crippen LogP contribution is 2.29. The summed E-state index contributed by atoms with van der Waals surface area (Å²) in [5.41, 5.74) is 5.04. The molecule has 2 N–H and O–H groups in total. The van der Waals surface area contributed by atoms with Crippen molar-refractivity contribution >= 4 is 21.6 Å². The van der Waals surface area contributed by atoms with Crippen molar-refractivity contribution in [2.24, 2.45) is 0 Å². The summed E-state index contributed by atoms with van der Waals surface area (Å²) in [5.74, 6) is 0.338. The zero-order valence-electron chi connectivity index (χ0n) is 11.3. The first-order valence-electron chi connectivity index (χ1n) is 7.06. The van der Waals surface area contributed by atoms with E-state index in [0.717, 1.165) is 16.5 Å². The van der Waals surface area contributed by atoms with E-state index in [1.807, 2.05) is 12.1 Å². The number of halogens is 1. The number of aryl methyl sites for hydroxylation is 1. The molecule has 0 unspecified atom stereocenters. The van der Waals surface area contributed by atoms with Gasteiger partial charge in [-0.2, -0.15) is 0 Å². The Morgan fingerprint density at radius 1 is 1.10 bits per heavy atom. The summed E-state index contributed by atoms with van der Waals surface area (Å²) in [6.45, 7) is 0.641. The Bertz CT molecular complexity index is 624. The van der Waals surface area contributed by atoms with E-state index >= 15 is 0 Å². The van der Waals surface area contributed by atoms with Crippen LogP contribution in [0.2, 0.25) is 0 Å². The van der Waals surface area contributed by atoms with Gasteiger partial charge in [-0.3, -0.25) is 0 Å². The molecular weight excluding hydrogens is 314 g/mol. The number of hydrogen-bond donors (Lipinski definition) is 2. The Balaban J connectivity index is 1.80. The molecule has 3 rings (SSSR count). The minimum Gasteiger partial charge on any atom is -0.508 e. The monoisotopic (exact) mass is 331 g/mol. The first-order chi connectivity index (χ1) is 9.74. The van der Waals surface area contributed by atoms with Crippen molar-refractivity contribution in [2.75, 3.05) is 5.32 Å². The maximum Gasteiger partial charge on any atom is 0.120 e. The molecule has 0 saturated heterocycles. The van der Waals surface area contributed by atoms with E-state index < -0.39 is 0 Å². The maximum atomic E-state index is 9.89. The molecule has 0 saturated carbocycles. The van der Waals surface area contributed by atoms with Crippen LogP contribution in [0.5, 0.6) is 5.75 Å². The second kappa shape index (κ2) is 5.88. The Morgan fingerprint density at radius 2 is 1.95 bits per heavy atom. The Labute approximate surface area is 128 Å². The Morgan fingerprint density at radius 3 is 2.85 bits per heavy atom. The lowest BCUT2D eigenvalue weighted by molar-refractivity contribution is 0.469. The predicted molar refractivity (Wildman–Crippen MR) is 86.2 cm³/mol. The fraction of sp³-hybridized carbons (Fsp3) is 0.294. The van der Waals surface area contributed by atoms with E-state index in [2.05, 4.69) is 39.4 Å². The molecule has 2 nitrogen and oxygen atoms in total. The molecule has 2 aromatic rings. The molecule has 0 spiro atoms. The second-order valence-corrected chi connectivity index (χ2v) is 6.19. The van der Waals surface area contributed by atoms with Crippen molar-refractivity contribution in [3.05, 3.63) is 57.6 Å². The molecule has 0 radical (unpaired) electrons. The molecule has 0 aliphatic heterocycles. The summed E-state index contributed by atoms with van der Waals surface area (Å²) < 4.78 is 0.988. The molecule has 0 bridgehead atoms. The molecule has 1 aliphatic carbocycles. The highest BCUT2D eigenvalue weighted by molar-refractivity contribution is 9.10. The first kappa shape index (κ1) is 13.5. The molecule has 3 heteroatoms. The average molecular weight is 332 g/mol. The largest absolute Gasteiger partial charge is 0.508 e. The van der Waals surface area contributed by atoms with Gasteiger partial charge in [0.25, 0.3) is 0 Å². The number of hydrogen-bond acceptors (Lipinski definition) is 2. The summed E-state index contributed by atoms with van der Waals surface area (Å²) in [6, 6.07) is 12.0. The van der Waals surface area contributed by atoms with Gasteiger partial charge in [0.05, 0.1) is 0 Å². The number of phenolic OH excluding ortho intramolecular Hbond substituents is 1. The van der Waals surface area contributed by atoms with Crippen LogP contribution in [-0.4, -0.2) is 5.11 Å². The lowest BCUT2D eigenvalue weighted by Gasteiger charge is -2.20. The van der Waals surface area contributed by atoms with Crippen LogP contribution in [-0.2, 0) is 19.4 Å². The third kappa shape index (κ3) is 2.83. The third-order valence-corrected chi connectivity index (χ3v) is 4.40. The zero-order chi connectivity index (χ0) is 13.9. The van der Waals surface area contributed by atoms with Crippen molar-refractivity contribution in [2.45, 2.75) is 32.2 Å². The van der Waals surface area contributed by atoms with Gasteiger partial charge in [-0.05, 0) is 61.1 Å². The smallest absolute Gasteiger partial charge is 0.120 e. The van der Waals surface area contributed by atoms with Crippen molar-refractivity contribution in [3.8, 4) is 5.75 Å². The molecular formula is C17H18BrNO. The molecule has 104 valence electrons. The van der Waals surface area contributed by atoms with Crippen LogP contribution in [0.25, 0.3) is 0 Å². The number of rotatable bonds is 3. The van der Waals surface area contributed by atoms with Gasteiger partial charge in [0.1, 0.15) is 5.75 Å². The number of aromatic hydroxyl groups is 1. The summed E-state index contributed by atoms with van der Waals surface area (Å²) >= 11 is 3.44. The van der Waals surface area contributed by atoms with Crippen LogP contribution < -0.4 is 5.32 Å². The molecule has 0 amide bonds.